The van der Waals surface area contributed by atoms with Gasteiger partial charge in [0.15, 0.2) is 11.5 Å². The molecule has 0 bridgehead atoms. The van der Waals surface area contributed by atoms with Gasteiger partial charge in [-0.25, -0.2) is 14.1 Å². The minimum absolute atomic E-state index is 0.145. The van der Waals surface area contributed by atoms with Crippen LogP contribution in [0.2, 0.25) is 0 Å². The van der Waals surface area contributed by atoms with Gasteiger partial charge in [-0.1, -0.05) is 0 Å². The molecule has 9 heteroatoms. The molecule has 0 spiro atoms. The molecule has 1 aromatic carbocycles. The first-order valence-corrected chi connectivity index (χ1v) is 5.38. The topological polar surface area (TPSA) is 66.2 Å². The minimum Gasteiger partial charge on any atom is -0.395 e. The van der Waals surface area contributed by atoms with Crippen molar-refractivity contribution in [3.05, 3.63) is 36.4 Å². The zero-order valence-electron chi connectivity index (χ0n) is 9.66. The summed E-state index contributed by atoms with van der Waals surface area (Å²) in [6.45, 7) is 0. The van der Waals surface area contributed by atoms with Crippen LogP contribution in [0.25, 0.3) is 0 Å². The molecule has 104 valence electrons. The number of alkyl halides is 3. The fourth-order valence-corrected chi connectivity index (χ4v) is 1.69. The molecule has 0 fully saturated rings. The predicted octanol–water partition coefficient (Wildman–Crippen LogP) is 1.95. The van der Waals surface area contributed by atoms with Crippen molar-refractivity contribution in [1.29, 1.82) is 0 Å². The van der Waals surface area contributed by atoms with Gasteiger partial charge >= 0.3 is 6.29 Å². The molecular formula is C11H6F3N3O3. The van der Waals surface area contributed by atoms with E-state index in [0.29, 0.717) is 4.68 Å². The smallest absolute Gasteiger partial charge is 0.395 e. The highest BCUT2D eigenvalue weighted by Gasteiger charge is 2.43. The van der Waals surface area contributed by atoms with Gasteiger partial charge in [0, 0.05) is 5.56 Å². The Morgan fingerprint density at radius 3 is 2.75 bits per heavy atom. The fraction of sp³-hybridized carbons (Fsp3) is 0.182. The van der Waals surface area contributed by atoms with Gasteiger partial charge < -0.3 is 9.47 Å². The molecule has 2 heterocycles. The van der Waals surface area contributed by atoms with E-state index in [1.165, 1.54) is 0 Å². The van der Waals surface area contributed by atoms with Crippen LogP contribution in [0.15, 0.2) is 30.9 Å². The van der Waals surface area contributed by atoms with Crippen LogP contribution in [-0.2, 0) is 0 Å². The third-order valence-electron chi connectivity index (χ3n) is 2.57. The quantitative estimate of drug-likeness (QED) is 0.806. The van der Waals surface area contributed by atoms with E-state index in [4.69, 9.17) is 0 Å². The first kappa shape index (κ1) is 12.5. The molecule has 6 nitrogen and oxygen atoms in total. The maximum atomic E-state index is 13.8. The first-order valence-electron chi connectivity index (χ1n) is 5.38. The van der Waals surface area contributed by atoms with Crippen molar-refractivity contribution >= 4 is 5.78 Å². The van der Waals surface area contributed by atoms with Crippen LogP contribution in [0, 0.1) is 0 Å². The summed E-state index contributed by atoms with van der Waals surface area (Å²) in [5, 5.41) is 3.49. The first-order chi connectivity index (χ1) is 9.46. The zero-order valence-corrected chi connectivity index (χ0v) is 9.66. The Bertz CT molecular complexity index is 660. The summed E-state index contributed by atoms with van der Waals surface area (Å²) in [5.41, 5.74) is -0.145. The molecule has 0 saturated heterocycles. The monoisotopic (exact) mass is 285 g/mol. The highest BCUT2D eigenvalue weighted by molar-refractivity contribution is 5.98. The number of hydrogen-bond acceptors (Lipinski definition) is 5. The second kappa shape index (κ2) is 4.22. The number of ketones is 1. The summed E-state index contributed by atoms with van der Waals surface area (Å²) < 4.78 is 48.6. The van der Waals surface area contributed by atoms with Gasteiger partial charge in [-0.3, -0.25) is 4.79 Å². The number of hydrogen-bond donors (Lipinski definition) is 0. The summed E-state index contributed by atoms with van der Waals surface area (Å²) in [7, 11) is 0. The molecule has 0 amide bonds. The van der Waals surface area contributed by atoms with Gasteiger partial charge in [-0.15, -0.1) is 8.78 Å². The lowest BCUT2D eigenvalue weighted by Crippen LogP contribution is -2.25. The molecule has 3 rings (SSSR count). The molecule has 1 unspecified atom stereocenters. The number of fused-ring (bicyclic) bond motifs is 1. The third-order valence-corrected chi connectivity index (χ3v) is 2.57. The highest BCUT2D eigenvalue weighted by Crippen LogP contribution is 2.41. The van der Waals surface area contributed by atoms with Gasteiger partial charge in [-0.2, -0.15) is 5.10 Å². The molecule has 2 aromatic rings. The Morgan fingerprint density at radius 1 is 1.30 bits per heavy atom. The highest BCUT2D eigenvalue weighted by atomic mass is 19.3. The molecular weight excluding hydrogens is 279 g/mol. The summed E-state index contributed by atoms with van der Waals surface area (Å²) in [5.74, 6) is -1.51. The maximum Gasteiger partial charge on any atom is 0.586 e. The van der Waals surface area contributed by atoms with Crippen LogP contribution < -0.4 is 9.47 Å². The van der Waals surface area contributed by atoms with Gasteiger partial charge in [0.05, 0.1) is 0 Å². The van der Waals surface area contributed by atoms with Crippen molar-refractivity contribution in [2.45, 2.75) is 12.6 Å². The van der Waals surface area contributed by atoms with Crippen LogP contribution in [-0.4, -0.2) is 26.8 Å². The third kappa shape index (κ3) is 2.06. The van der Waals surface area contributed by atoms with Crippen molar-refractivity contribution in [2.24, 2.45) is 0 Å². The number of aromatic nitrogens is 3. The number of ether oxygens (including phenoxy) is 2. The summed E-state index contributed by atoms with van der Waals surface area (Å²) >= 11 is 0. The largest absolute Gasteiger partial charge is 0.586 e. The van der Waals surface area contributed by atoms with E-state index in [1.54, 1.807) is 0 Å². The molecule has 0 N–H and O–H groups in total. The lowest BCUT2D eigenvalue weighted by molar-refractivity contribution is -0.286. The fourth-order valence-electron chi connectivity index (χ4n) is 1.69. The minimum atomic E-state index is -3.79. The van der Waals surface area contributed by atoms with E-state index in [1.807, 2.05) is 0 Å². The average Bonchev–Trinajstić information content (AvgIpc) is 3.01. The van der Waals surface area contributed by atoms with E-state index < -0.39 is 18.4 Å². The zero-order chi connectivity index (χ0) is 14.3. The van der Waals surface area contributed by atoms with E-state index in [9.17, 15) is 18.0 Å². The van der Waals surface area contributed by atoms with E-state index in [0.717, 1.165) is 30.9 Å². The lowest BCUT2D eigenvalue weighted by atomic mass is 10.1. The van der Waals surface area contributed by atoms with E-state index in [2.05, 4.69) is 19.6 Å². The number of carbonyl (C=O) groups excluding carboxylic acids is 1. The van der Waals surface area contributed by atoms with Gasteiger partial charge in [-0.05, 0) is 18.2 Å². The molecule has 0 aliphatic carbocycles. The van der Waals surface area contributed by atoms with E-state index in [-0.39, 0.29) is 17.1 Å². The SMILES string of the molecule is O=C(c1ccc2c(c1)OC(F)(F)O2)C(F)n1cncn1. The Hall–Kier alpha value is -2.58. The number of Topliss-reactive ketones (excluding diaryl/α,β-unsaturated/α-hetero) is 1. The van der Waals surface area contributed by atoms with Crippen LogP contribution in [0.5, 0.6) is 11.5 Å². The number of carbonyl (C=O) groups is 1. The molecule has 1 aliphatic rings. The van der Waals surface area contributed by atoms with Crippen molar-refractivity contribution in [3.8, 4) is 11.5 Å². The van der Waals surface area contributed by atoms with E-state index >= 15 is 0 Å². The summed E-state index contributed by atoms with van der Waals surface area (Å²) in [6.07, 6.45) is -3.78. The maximum absolute atomic E-state index is 13.8. The Kier molecular flexibility index (Phi) is 2.63. The van der Waals surface area contributed by atoms with Crippen LogP contribution in [0.4, 0.5) is 13.2 Å². The molecule has 0 saturated carbocycles. The van der Waals surface area contributed by atoms with Crippen molar-refractivity contribution < 1.29 is 27.4 Å². The van der Waals surface area contributed by atoms with Gasteiger partial charge in [0.1, 0.15) is 12.7 Å². The predicted molar refractivity (Wildman–Crippen MR) is 57.1 cm³/mol. The normalized spacial score (nSPS) is 16.9. The number of rotatable bonds is 3. The Labute approximate surface area is 109 Å². The van der Waals surface area contributed by atoms with Gasteiger partial charge in [0.25, 0.3) is 6.30 Å². The number of nitrogens with zero attached hydrogens (tertiary/aromatic N) is 3. The molecule has 20 heavy (non-hydrogen) atoms. The van der Waals surface area contributed by atoms with Crippen LogP contribution in [0.3, 0.4) is 0 Å². The number of benzene rings is 1. The van der Waals surface area contributed by atoms with Crippen molar-refractivity contribution in [3.63, 3.8) is 0 Å². The molecule has 0 radical (unpaired) electrons. The van der Waals surface area contributed by atoms with Crippen LogP contribution in [0.1, 0.15) is 16.7 Å². The van der Waals surface area contributed by atoms with Crippen LogP contribution >= 0.6 is 0 Å². The molecule has 1 aliphatic heterocycles. The molecule has 1 atom stereocenters. The second-order valence-electron chi connectivity index (χ2n) is 3.90. The average molecular weight is 285 g/mol. The Balaban J connectivity index is 1.88. The van der Waals surface area contributed by atoms with Crippen molar-refractivity contribution in [2.75, 3.05) is 0 Å². The van der Waals surface area contributed by atoms with Crippen molar-refractivity contribution in [1.82, 2.24) is 14.8 Å². The Morgan fingerprint density at radius 2 is 2.05 bits per heavy atom. The summed E-state index contributed by atoms with van der Waals surface area (Å²) in [4.78, 5) is 15.4. The standard InChI is InChI=1S/C11H6F3N3O3/c12-10(17-5-15-4-16-17)9(18)6-1-2-7-8(3-6)20-11(13,14)19-7/h1-5,10H. The van der Waals surface area contributed by atoms with Gasteiger partial charge in [0.2, 0.25) is 5.78 Å². The second-order valence-corrected chi connectivity index (χ2v) is 3.90. The lowest BCUT2D eigenvalue weighted by Gasteiger charge is -2.07. The molecule has 1 aromatic heterocycles. The summed E-state index contributed by atoms with van der Waals surface area (Å²) in [6, 6.07) is 3.26. The number of halogens is 3.